The molecular formula is C14H21ClN2O2. The van der Waals surface area contributed by atoms with Gasteiger partial charge in [-0.3, -0.25) is 4.90 Å². The fourth-order valence-electron chi connectivity index (χ4n) is 2.25. The normalized spacial score (nSPS) is 18.1. The highest BCUT2D eigenvalue weighted by Crippen LogP contribution is 2.30. The lowest BCUT2D eigenvalue weighted by Crippen LogP contribution is -2.60. The first-order valence-electron chi connectivity index (χ1n) is 6.55. The van der Waals surface area contributed by atoms with Gasteiger partial charge in [0.05, 0.1) is 6.61 Å². The van der Waals surface area contributed by atoms with Crippen molar-refractivity contribution in [2.45, 2.75) is 13.8 Å². The summed E-state index contributed by atoms with van der Waals surface area (Å²) >= 11 is 5.86. The van der Waals surface area contributed by atoms with Gasteiger partial charge in [-0.15, -0.1) is 11.6 Å². The van der Waals surface area contributed by atoms with E-state index in [-0.39, 0.29) is 12.0 Å². The minimum Gasteiger partial charge on any atom is -0.476 e. The van der Waals surface area contributed by atoms with Crippen LogP contribution in [0.1, 0.15) is 11.3 Å². The largest absolute Gasteiger partial charge is 0.476 e. The van der Waals surface area contributed by atoms with Crippen LogP contribution in [0, 0.1) is 19.3 Å². The fraction of sp³-hybridized carbons (Fsp3) is 0.643. The minimum absolute atomic E-state index is 0.0970. The molecule has 2 heterocycles. The van der Waals surface area contributed by atoms with Crippen molar-refractivity contribution in [1.29, 1.82) is 0 Å². The molecule has 0 unspecified atom stereocenters. The lowest BCUT2D eigenvalue weighted by Gasteiger charge is -2.48. The summed E-state index contributed by atoms with van der Waals surface area (Å²) in [5, 5.41) is 9.26. The molecule has 1 aliphatic rings. The Labute approximate surface area is 119 Å². The highest BCUT2D eigenvalue weighted by atomic mass is 35.5. The number of nitrogens with zero attached hydrogens (tertiary/aromatic N) is 2. The Bertz CT molecular complexity index is 427. The molecule has 1 fully saturated rings. The predicted octanol–water partition coefficient (Wildman–Crippen LogP) is 1.61. The van der Waals surface area contributed by atoms with Gasteiger partial charge in [0, 0.05) is 42.7 Å². The summed E-state index contributed by atoms with van der Waals surface area (Å²) in [6.07, 6.45) is 0. The number of rotatable bonds is 6. The number of ether oxygens (including phenoxy) is 1. The van der Waals surface area contributed by atoms with Crippen LogP contribution in [-0.2, 0) is 0 Å². The second kappa shape index (κ2) is 6.07. The summed E-state index contributed by atoms with van der Waals surface area (Å²) in [5.74, 6) is 1.19. The van der Waals surface area contributed by atoms with Crippen LogP contribution in [0.15, 0.2) is 12.1 Å². The van der Waals surface area contributed by atoms with Gasteiger partial charge >= 0.3 is 0 Å². The molecule has 0 bridgehead atoms. The zero-order valence-corrected chi connectivity index (χ0v) is 12.3. The predicted molar refractivity (Wildman–Crippen MR) is 75.9 cm³/mol. The summed E-state index contributed by atoms with van der Waals surface area (Å²) < 4.78 is 5.64. The number of pyridine rings is 1. The Hall–Kier alpha value is -0.840. The number of aryl methyl sites for hydroxylation is 2. The molecule has 4 nitrogen and oxygen atoms in total. The molecule has 106 valence electrons. The summed E-state index contributed by atoms with van der Waals surface area (Å²) in [4.78, 5) is 6.61. The number of hydrogen-bond donors (Lipinski definition) is 1. The van der Waals surface area contributed by atoms with Crippen molar-refractivity contribution in [1.82, 2.24) is 9.88 Å². The number of alkyl halides is 1. The summed E-state index contributed by atoms with van der Waals surface area (Å²) in [6.45, 7) is 7.31. The fourth-order valence-corrected chi connectivity index (χ4v) is 2.51. The van der Waals surface area contributed by atoms with Crippen LogP contribution in [0.2, 0.25) is 0 Å². The lowest BCUT2D eigenvalue weighted by atomic mass is 9.83. The zero-order valence-electron chi connectivity index (χ0n) is 11.5. The molecule has 1 aliphatic heterocycles. The van der Waals surface area contributed by atoms with Crippen LogP contribution < -0.4 is 4.74 Å². The van der Waals surface area contributed by atoms with Crippen LogP contribution in [0.5, 0.6) is 5.88 Å². The van der Waals surface area contributed by atoms with Crippen molar-refractivity contribution in [3.63, 3.8) is 0 Å². The second-order valence-electron chi connectivity index (χ2n) is 5.40. The van der Waals surface area contributed by atoms with E-state index in [1.54, 1.807) is 0 Å². The lowest BCUT2D eigenvalue weighted by molar-refractivity contribution is -0.0294. The highest BCUT2D eigenvalue weighted by molar-refractivity contribution is 6.18. The van der Waals surface area contributed by atoms with Crippen LogP contribution in [-0.4, -0.2) is 53.7 Å². The molecule has 1 saturated heterocycles. The maximum Gasteiger partial charge on any atom is 0.213 e. The van der Waals surface area contributed by atoms with Gasteiger partial charge in [-0.2, -0.15) is 0 Å². The molecule has 1 aromatic heterocycles. The smallest absolute Gasteiger partial charge is 0.213 e. The van der Waals surface area contributed by atoms with Crippen LogP contribution in [0.3, 0.4) is 0 Å². The Morgan fingerprint density at radius 1 is 1.42 bits per heavy atom. The Balaban J connectivity index is 1.72. The SMILES string of the molecule is Cc1ccc(OCCN2CC(CO)(CCl)C2)nc1C. The first-order valence-corrected chi connectivity index (χ1v) is 7.08. The molecule has 0 aliphatic carbocycles. The molecule has 0 atom stereocenters. The third-order valence-electron chi connectivity index (χ3n) is 3.72. The van der Waals surface area contributed by atoms with Gasteiger partial charge in [-0.1, -0.05) is 6.07 Å². The molecule has 5 heteroatoms. The molecule has 2 rings (SSSR count). The topological polar surface area (TPSA) is 45.6 Å². The third-order valence-corrected chi connectivity index (χ3v) is 4.29. The van der Waals surface area contributed by atoms with Crippen molar-refractivity contribution in [3.8, 4) is 5.88 Å². The molecule has 0 spiro atoms. The molecule has 0 aromatic carbocycles. The van der Waals surface area contributed by atoms with Crippen molar-refractivity contribution >= 4 is 11.6 Å². The van der Waals surface area contributed by atoms with Gasteiger partial charge in [0.15, 0.2) is 0 Å². The van der Waals surface area contributed by atoms with Crippen LogP contribution in [0.25, 0.3) is 0 Å². The van der Waals surface area contributed by atoms with E-state index in [9.17, 15) is 5.11 Å². The molecular weight excluding hydrogens is 264 g/mol. The Morgan fingerprint density at radius 3 is 2.74 bits per heavy atom. The van der Waals surface area contributed by atoms with Crippen molar-refractivity contribution < 1.29 is 9.84 Å². The quantitative estimate of drug-likeness (QED) is 0.806. The van der Waals surface area contributed by atoms with Crippen molar-refractivity contribution in [2.75, 3.05) is 38.7 Å². The van der Waals surface area contributed by atoms with E-state index >= 15 is 0 Å². The van der Waals surface area contributed by atoms with Crippen LogP contribution in [0.4, 0.5) is 0 Å². The Kier molecular flexibility index (Phi) is 4.66. The van der Waals surface area contributed by atoms with Crippen LogP contribution >= 0.6 is 11.6 Å². The van der Waals surface area contributed by atoms with Crippen molar-refractivity contribution in [3.05, 3.63) is 23.4 Å². The number of aliphatic hydroxyl groups excluding tert-OH is 1. The monoisotopic (exact) mass is 284 g/mol. The average Bonchev–Trinajstić information content (AvgIpc) is 2.37. The number of hydrogen-bond acceptors (Lipinski definition) is 4. The van der Waals surface area contributed by atoms with Gasteiger partial charge in [0.25, 0.3) is 0 Å². The molecule has 1 aromatic rings. The van der Waals surface area contributed by atoms with E-state index in [0.717, 1.165) is 25.3 Å². The summed E-state index contributed by atoms with van der Waals surface area (Å²) in [6, 6.07) is 3.92. The van der Waals surface area contributed by atoms with Crippen molar-refractivity contribution in [2.24, 2.45) is 5.41 Å². The first-order chi connectivity index (χ1) is 9.08. The Morgan fingerprint density at radius 2 is 2.16 bits per heavy atom. The molecule has 1 N–H and O–H groups in total. The number of halogens is 1. The van der Waals surface area contributed by atoms with Gasteiger partial charge < -0.3 is 9.84 Å². The third kappa shape index (κ3) is 3.38. The van der Waals surface area contributed by atoms with E-state index in [0.29, 0.717) is 18.4 Å². The summed E-state index contributed by atoms with van der Waals surface area (Å²) in [5.41, 5.74) is 2.08. The van der Waals surface area contributed by atoms with E-state index in [1.807, 2.05) is 26.0 Å². The number of aliphatic hydroxyl groups is 1. The molecule has 0 saturated carbocycles. The average molecular weight is 285 g/mol. The van der Waals surface area contributed by atoms with E-state index in [4.69, 9.17) is 16.3 Å². The van der Waals surface area contributed by atoms with Gasteiger partial charge in [0.1, 0.15) is 6.61 Å². The maximum atomic E-state index is 9.26. The van der Waals surface area contributed by atoms with Gasteiger partial charge in [-0.05, 0) is 19.4 Å². The number of likely N-dealkylation sites (tertiary alicyclic amines) is 1. The maximum absolute atomic E-state index is 9.26. The minimum atomic E-state index is -0.0970. The zero-order chi connectivity index (χ0) is 13.9. The van der Waals surface area contributed by atoms with Gasteiger partial charge in [-0.25, -0.2) is 4.98 Å². The van der Waals surface area contributed by atoms with E-state index in [1.165, 1.54) is 5.56 Å². The van der Waals surface area contributed by atoms with E-state index in [2.05, 4.69) is 9.88 Å². The second-order valence-corrected chi connectivity index (χ2v) is 5.67. The molecule has 0 amide bonds. The summed E-state index contributed by atoms with van der Waals surface area (Å²) in [7, 11) is 0. The first kappa shape index (κ1) is 14.6. The molecule has 19 heavy (non-hydrogen) atoms. The highest BCUT2D eigenvalue weighted by Gasteiger charge is 2.41. The van der Waals surface area contributed by atoms with E-state index < -0.39 is 0 Å². The number of aromatic nitrogens is 1. The molecule has 0 radical (unpaired) electrons. The standard InChI is InChI=1S/C14H21ClN2O2/c1-11-3-4-13(16-12(11)2)19-6-5-17-8-14(7-15,9-17)10-18/h3-4,18H,5-10H2,1-2H3. The van der Waals surface area contributed by atoms with Gasteiger partial charge in [0.2, 0.25) is 5.88 Å².